The van der Waals surface area contributed by atoms with E-state index in [-0.39, 0.29) is 27.6 Å². The van der Waals surface area contributed by atoms with Crippen molar-refractivity contribution in [2.45, 2.75) is 18.2 Å². The van der Waals surface area contributed by atoms with Crippen LogP contribution in [0.1, 0.15) is 13.3 Å². The lowest BCUT2D eigenvalue weighted by Crippen LogP contribution is -2.28. The van der Waals surface area contributed by atoms with Crippen molar-refractivity contribution in [3.05, 3.63) is 60.0 Å². The van der Waals surface area contributed by atoms with E-state index in [2.05, 4.69) is 0 Å². The van der Waals surface area contributed by atoms with E-state index >= 15 is 0 Å². The zero-order valence-corrected chi connectivity index (χ0v) is 16.2. The smallest absolute Gasteiger partial charge is 0.355 e. The molecule has 0 aliphatic carbocycles. The Morgan fingerprint density at radius 1 is 1.04 bits per heavy atom. The number of sulfone groups is 1. The van der Waals surface area contributed by atoms with Crippen molar-refractivity contribution in [2.75, 3.05) is 24.9 Å². The molecule has 1 aromatic rings. The van der Waals surface area contributed by atoms with Crippen LogP contribution >= 0.6 is 0 Å². The van der Waals surface area contributed by atoms with Gasteiger partial charge >= 0.3 is 11.9 Å². The number of esters is 2. The van der Waals surface area contributed by atoms with E-state index in [0.717, 1.165) is 0 Å². The first-order valence-electron chi connectivity index (χ1n) is 8.24. The first-order chi connectivity index (χ1) is 12.9. The molecule has 0 bridgehead atoms. The second kappa shape index (κ2) is 8.68. The third-order valence-electron chi connectivity index (χ3n) is 3.82. The number of rotatable bonds is 6. The van der Waals surface area contributed by atoms with Crippen LogP contribution in [-0.4, -0.2) is 40.3 Å². The summed E-state index contributed by atoms with van der Waals surface area (Å²) < 4.78 is 35.0. The summed E-state index contributed by atoms with van der Waals surface area (Å²) in [5, 5.41) is 0. The fourth-order valence-electron chi connectivity index (χ4n) is 2.65. The predicted molar refractivity (Wildman–Crippen MR) is 101 cm³/mol. The molecule has 7 nitrogen and oxygen atoms in total. The minimum absolute atomic E-state index is 0.0407. The predicted octanol–water partition coefficient (Wildman–Crippen LogP) is 2.36. The molecule has 0 unspecified atom stereocenters. The Labute approximate surface area is 158 Å². The van der Waals surface area contributed by atoms with Gasteiger partial charge in [0, 0.05) is 6.20 Å². The van der Waals surface area contributed by atoms with Crippen LogP contribution < -0.4 is 4.90 Å². The summed E-state index contributed by atoms with van der Waals surface area (Å²) in [6.07, 6.45) is 6.50. The molecule has 1 aromatic carbocycles. The minimum Gasteiger partial charge on any atom is -0.465 e. The molecule has 0 fully saturated rings. The van der Waals surface area contributed by atoms with Gasteiger partial charge in [0.2, 0.25) is 0 Å². The van der Waals surface area contributed by atoms with Gasteiger partial charge < -0.3 is 14.4 Å². The summed E-state index contributed by atoms with van der Waals surface area (Å²) in [5.41, 5.74) is 0.0678. The number of carbonyl (C=O) groups is 2. The Bertz CT molecular complexity index is 927. The molecule has 0 atom stereocenters. The Balaban J connectivity index is 2.77. The van der Waals surface area contributed by atoms with Crippen LogP contribution in [-0.2, 0) is 28.9 Å². The lowest BCUT2D eigenvalue weighted by Gasteiger charge is -2.25. The zero-order valence-electron chi connectivity index (χ0n) is 15.3. The molecule has 0 radical (unpaired) electrons. The average Bonchev–Trinajstić information content (AvgIpc) is 2.89. The molecule has 0 saturated carbocycles. The number of anilines is 1. The number of methoxy groups -OCH3 is 2. The van der Waals surface area contributed by atoms with Crippen molar-refractivity contribution < 1.29 is 27.5 Å². The monoisotopic (exact) mass is 391 g/mol. The minimum atomic E-state index is -3.59. The number of para-hydroxylation sites is 1. The number of hydrogen-bond donors (Lipinski definition) is 0. The highest BCUT2D eigenvalue weighted by Gasteiger charge is 2.30. The summed E-state index contributed by atoms with van der Waals surface area (Å²) in [6.45, 7) is 1.77. The molecule has 0 saturated heterocycles. The van der Waals surface area contributed by atoms with Crippen LogP contribution in [0.25, 0.3) is 0 Å². The SMILES string of the molecule is CCCS(=O)(=O)c1ccccc1N1C=CC=CC(C(=O)OC)=C1C(=O)OC. The van der Waals surface area contributed by atoms with Gasteiger partial charge in [0.25, 0.3) is 0 Å². The van der Waals surface area contributed by atoms with E-state index in [1.54, 1.807) is 37.3 Å². The summed E-state index contributed by atoms with van der Waals surface area (Å²) in [5.74, 6) is -1.58. The maximum Gasteiger partial charge on any atom is 0.355 e. The van der Waals surface area contributed by atoms with E-state index in [4.69, 9.17) is 9.47 Å². The number of allylic oxidation sites excluding steroid dienone is 2. The van der Waals surface area contributed by atoms with E-state index in [9.17, 15) is 18.0 Å². The number of nitrogens with zero attached hydrogens (tertiary/aromatic N) is 1. The molecule has 0 N–H and O–H groups in total. The van der Waals surface area contributed by atoms with Crippen LogP contribution in [0.15, 0.2) is 64.9 Å². The van der Waals surface area contributed by atoms with Gasteiger partial charge in [0.05, 0.1) is 36.1 Å². The number of carbonyl (C=O) groups excluding carboxylic acids is 2. The third-order valence-corrected chi connectivity index (χ3v) is 5.78. The molecule has 1 heterocycles. The topological polar surface area (TPSA) is 90.0 Å². The maximum absolute atomic E-state index is 12.7. The summed E-state index contributed by atoms with van der Waals surface area (Å²) in [6, 6.07) is 6.29. The van der Waals surface area contributed by atoms with Crippen LogP contribution in [0, 0.1) is 0 Å². The number of benzene rings is 1. The van der Waals surface area contributed by atoms with Gasteiger partial charge in [-0.05, 0) is 30.7 Å². The highest BCUT2D eigenvalue weighted by molar-refractivity contribution is 7.91. The number of ether oxygens (including phenoxy) is 2. The molecular weight excluding hydrogens is 370 g/mol. The lowest BCUT2D eigenvalue weighted by molar-refractivity contribution is -0.139. The summed E-state index contributed by atoms with van der Waals surface area (Å²) in [7, 11) is -1.21. The Morgan fingerprint density at radius 2 is 1.70 bits per heavy atom. The molecule has 8 heteroatoms. The largest absolute Gasteiger partial charge is 0.465 e. The van der Waals surface area contributed by atoms with E-state index < -0.39 is 21.8 Å². The van der Waals surface area contributed by atoms with Gasteiger partial charge in [-0.3, -0.25) is 0 Å². The van der Waals surface area contributed by atoms with E-state index in [1.807, 2.05) is 0 Å². The molecule has 0 aromatic heterocycles. The Morgan fingerprint density at radius 3 is 2.33 bits per heavy atom. The highest BCUT2D eigenvalue weighted by Crippen LogP contribution is 2.32. The Hall–Kier alpha value is -2.87. The fourth-order valence-corrected chi connectivity index (χ4v) is 4.18. The van der Waals surface area contributed by atoms with Crippen molar-refractivity contribution in [1.82, 2.24) is 0 Å². The summed E-state index contributed by atoms with van der Waals surface area (Å²) in [4.78, 5) is 26.1. The zero-order chi connectivity index (χ0) is 20.0. The normalized spacial score (nSPS) is 14.1. The van der Waals surface area contributed by atoms with Gasteiger partial charge in [-0.25, -0.2) is 18.0 Å². The third kappa shape index (κ3) is 4.28. The molecule has 1 aliphatic heterocycles. The molecule has 2 rings (SSSR count). The van der Waals surface area contributed by atoms with Crippen molar-refractivity contribution in [2.24, 2.45) is 0 Å². The van der Waals surface area contributed by atoms with Crippen LogP contribution in [0.4, 0.5) is 5.69 Å². The fraction of sp³-hybridized carbons (Fsp3) is 0.263. The van der Waals surface area contributed by atoms with E-state index in [0.29, 0.717) is 6.42 Å². The molecule has 0 amide bonds. The average molecular weight is 391 g/mol. The van der Waals surface area contributed by atoms with Gasteiger partial charge in [-0.15, -0.1) is 0 Å². The van der Waals surface area contributed by atoms with Gasteiger partial charge in [0.1, 0.15) is 5.70 Å². The first-order valence-corrected chi connectivity index (χ1v) is 9.89. The van der Waals surface area contributed by atoms with Crippen molar-refractivity contribution in [1.29, 1.82) is 0 Å². The van der Waals surface area contributed by atoms with Crippen LogP contribution in [0.2, 0.25) is 0 Å². The maximum atomic E-state index is 12.7. The Kier molecular flexibility index (Phi) is 6.57. The van der Waals surface area contributed by atoms with Gasteiger partial charge in [0.15, 0.2) is 9.84 Å². The first kappa shape index (κ1) is 20.4. The van der Waals surface area contributed by atoms with E-state index in [1.165, 1.54) is 37.5 Å². The molecule has 27 heavy (non-hydrogen) atoms. The number of hydrogen-bond acceptors (Lipinski definition) is 7. The molecule has 144 valence electrons. The molecule has 0 spiro atoms. The van der Waals surface area contributed by atoms with Crippen molar-refractivity contribution in [3.8, 4) is 0 Å². The standard InChI is InChI=1S/C19H21NO6S/c1-4-13-27(23,24)16-11-6-5-10-15(16)20-12-8-7-9-14(18(21)25-2)17(20)19(22)26-3/h5-12H,4,13H2,1-3H3. The van der Waals surface area contributed by atoms with Crippen molar-refractivity contribution >= 4 is 27.5 Å². The second-order valence-electron chi connectivity index (χ2n) is 5.60. The van der Waals surface area contributed by atoms with Crippen molar-refractivity contribution in [3.63, 3.8) is 0 Å². The molecular formula is C19H21NO6S. The van der Waals surface area contributed by atoms with Crippen LogP contribution in [0.3, 0.4) is 0 Å². The van der Waals surface area contributed by atoms with Crippen LogP contribution in [0.5, 0.6) is 0 Å². The highest BCUT2D eigenvalue weighted by atomic mass is 32.2. The summed E-state index contributed by atoms with van der Waals surface area (Å²) >= 11 is 0. The van der Waals surface area contributed by atoms with Gasteiger partial charge in [-0.1, -0.05) is 25.1 Å². The second-order valence-corrected chi connectivity index (χ2v) is 7.68. The molecule has 1 aliphatic rings. The quantitative estimate of drug-likeness (QED) is 0.688. The van der Waals surface area contributed by atoms with Gasteiger partial charge in [-0.2, -0.15) is 0 Å². The lowest BCUT2D eigenvalue weighted by atomic mass is 10.1.